The van der Waals surface area contributed by atoms with Gasteiger partial charge in [-0.05, 0) is 30.7 Å². The first-order chi connectivity index (χ1) is 9.66. The molecule has 0 aliphatic carbocycles. The smallest absolute Gasteiger partial charge is 0.264 e. The summed E-state index contributed by atoms with van der Waals surface area (Å²) in [5.41, 5.74) is 1.09. The van der Waals surface area contributed by atoms with Gasteiger partial charge in [-0.3, -0.25) is 4.79 Å². The Morgan fingerprint density at radius 3 is 2.80 bits per heavy atom. The second kappa shape index (κ2) is 5.04. The summed E-state index contributed by atoms with van der Waals surface area (Å²) < 4.78 is 11.1. The summed E-state index contributed by atoms with van der Waals surface area (Å²) >= 11 is 0. The number of carbonyl (C=O) groups excluding carboxylic acids is 1. The van der Waals surface area contributed by atoms with E-state index in [9.17, 15) is 4.79 Å². The second-order valence-electron chi connectivity index (χ2n) is 5.06. The van der Waals surface area contributed by atoms with Crippen LogP contribution in [-0.2, 0) is 11.2 Å². The Morgan fingerprint density at radius 2 is 2.10 bits per heavy atom. The molecule has 0 spiro atoms. The normalized spacial score (nSPS) is 18.2. The van der Waals surface area contributed by atoms with E-state index in [2.05, 4.69) is 0 Å². The molecule has 1 amide bonds. The Bertz CT molecular complexity index is 577. The van der Waals surface area contributed by atoms with Crippen LogP contribution in [0.3, 0.4) is 0 Å². The fourth-order valence-corrected chi connectivity index (χ4v) is 2.46. The van der Waals surface area contributed by atoms with Crippen molar-refractivity contribution in [2.45, 2.75) is 25.5 Å². The van der Waals surface area contributed by atoms with E-state index in [-0.39, 0.29) is 11.9 Å². The molecule has 0 saturated carbocycles. The van der Waals surface area contributed by atoms with Gasteiger partial charge in [0.1, 0.15) is 11.5 Å². The van der Waals surface area contributed by atoms with Gasteiger partial charge in [0.25, 0.3) is 5.91 Å². The fourth-order valence-electron chi connectivity index (χ4n) is 2.46. The van der Waals surface area contributed by atoms with Crippen molar-refractivity contribution in [3.63, 3.8) is 0 Å². The number of para-hydroxylation sites is 1. The quantitative estimate of drug-likeness (QED) is 0.862. The minimum absolute atomic E-state index is 0.0231. The molecule has 1 aromatic heterocycles. The number of hydrogen-bond donors (Lipinski definition) is 0. The van der Waals surface area contributed by atoms with Crippen LogP contribution >= 0.6 is 0 Å². The summed E-state index contributed by atoms with van der Waals surface area (Å²) in [6.07, 6.45) is 1.81. The van der Waals surface area contributed by atoms with Gasteiger partial charge in [-0.25, -0.2) is 0 Å². The predicted molar refractivity (Wildman–Crippen MR) is 74.5 cm³/mol. The van der Waals surface area contributed by atoms with Crippen molar-refractivity contribution in [1.29, 1.82) is 0 Å². The molecule has 0 fully saturated rings. The highest BCUT2D eigenvalue weighted by molar-refractivity contribution is 5.82. The number of rotatable bonds is 3. The van der Waals surface area contributed by atoms with Crippen molar-refractivity contribution in [3.8, 4) is 5.75 Å². The zero-order valence-electron chi connectivity index (χ0n) is 11.6. The molecule has 2 atom stereocenters. The monoisotopic (exact) mass is 271 g/mol. The number of furan rings is 1. The maximum absolute atomic E-state index is 12.5. The molecule has 2 heterocycles. The zero-order valence-corrected chi connectivity index (χ0v) is 11.6. The predicted octanol–water partition coefficient (Wildman–Crippen LogP) is 2.80. The van der Waals surface area contributed by atoms with Crippen LogP contribution in [0.1, 0.15) is 24.3 Å². The summed E-state index contributed by atoms with van der Waals surface area (Å²) in [6.45, 7) is 1.94. The second-order valence-corrected chi connectivity index (χ2v) is 5.06. The molecular formula is C16H17NO3. The van der Waals surface area contributed by atoms with Crippen molar-refractivity contribution in [1.82, 2.24) is 4.90 Å². The minimum Gasteiger partial charge on any atom is -0.480 e. The highest BCUT2D eigenvalue weighted by atomic mass is 16.5. The van der Waals surface area contributed by atoms with E-state index in [0.717, 1.165) is 17.1 Å². The van der Waals surface area contributed by atoms with Crippen LogP contribution in [0.25, 0.3) is 0 Å². The van der Waals surface area contributed by atoms with Crippen LogP contribution < -0.4 is 4.74 Å². The molecule has 3 rings (SSSR count). The lowest BCUT2D eigenvalue weighted by Crippen LogP contribution is -2.40. The molecule has 4 nitrogen and oxygen atoms in total. The maximum Gasteiger partial charge on any atom is 0.264 e. The van der Waals surface area contributed by atoms with E-state index in [0.29, 0.717) is 6.42 Å². The average molecular weight is 271 g/mol. The molecule has 1 aromatic carbocycles. The molecule has 20 heavy (non-hydrogen) atoms. The van der Waals surface area contributed by atoms with E-state index in [1.807, 2.05) is 43.3 Å². The van der Waals surface area contributed by atoms with Crippen LogP contribution in [0.2, 0.25) is 0 Å². The Hall–Kier alpha value is -2.23. The fraction of sp³-hybridized carbons (Fsp3) is 0.312. The van der Waals surface area contributed by atoms with Gasteiger partial charge in [0.05, 0.1) is 12.3 Å². The third kappa shape index (κ3) is 2.18. The molecule has 0 N–H and O–H groups in total. The molecule has 4 heteroatoms. The van der Waals surface area contributed by atoms with Gasteiger partial charge < -0.3 is 14.1 Å². The minimum atomic E-state index is -0.435. The number of carbonyl (C=O) groups is 1. The first-order valence-electron chi connectivity index (χ1n) is 6.71. The highest BCUT2D eigenvalue weighted by Gasteiger charge is 2.33. The third-order valence-corrected chi connectivity index (χ3v) is 3.81. The van der Waals surface area contributed by atoms with Gasteiger partial charge in [0.15, 0.2) is 6.10 Å². The summed E-state index contributed by atoms with van der Waals surface area (Å²) in [4.78, 5) is 14.2. The molecular weight excluding hydrogens is 254 g/mol. The van der Waals surface area contributed by atoms with Gasteiger partial charge in [-0.2, -0.15) is 0 Å². The first-order valence-corrected chi connectivity index (χ1v) is 6.71. The SMILES string of the molecule is CC(c1ccco1)N(C)C(=O)C1Cc2ccccc2O1. The lowest BCUT2D eigenvalue weighted by Gasteiger charge is -2.25. The van der Waals surface area contributed by atoms with Gasteiger partial charge in [-0.15, -0.1) is 0 Å². The van der Waals surface area contributed by atoms with Gasteiger partial charge in [0.2, 0.25) is 0 Å². The van der Waals surface area contributed by atoms with Crippen LogP contribution in [0, 0.1) is 0 Å². The van der Waals surface area contributed by atoms with Crippen LogP contribution in [0.15, 0.2) is 47.1 Å². The standard InChI is InChI=1S/C16H17NO3/c1-11(13-8-5-9-19-13)17(2)16(18)15-10-12-6-3-4-7-14(12)20-15/h3-9,11,15H,10H2,1-2H3. The number of benzene rings is 1. The molecule has 1 aliphatic heterocycles. The number of amides is 1. The Kier molecular flexibility index (Phi) is 3.22. The lowest BCUT2D eigenvalue weighted by molar-refractivity contribution is -0.138. The number of ether oxygens (including phenoxy) is 1. The van der Waals surface area contributed by atoms with Gasteiger partial charge in [-0.1, -0.05) is 18.2 Å². The highest BCUT2D eigenvalue weighted by Crippen LogP contribution is 2.30. The topological polar surface area (TPSA) is 42.7 Å². The zero-order chi connectivity index (χ0) is 14.1. The molecule has 2 unspecified atom stereocenters. The molecule has 2 aromatic rings. The van der Waals surface area contributed by atoms with Crippen molar-refractivity contribution in [2.75, 3.05) is 7.05 Å². The number of hydrogen-bond acceptors (Lipinski definition) is 3. The number of nitrogens with zero attached hydrogens (tertiary/aromatic N) is 1. The largest absolute Gasteiger partial charge is 0.480 e. The summed E-state index contributed by atoms with van der Waals surface area (Å²) in [6, 6.07) is 11.4. The van der Waals surface area contributed by atoms with E-state index >= 15 is 0 Å². The van der Waals surface area contributed by atoms with E-state index in [4.69, 9.17) is 9.15 Å². The molecule has 104 valence electrons. The Labute approximate surface area is 118 Å². The van der Waals surface area contributed by atoms with Crippen LogP contribution in [0.5, 0.6) is 5.75 Å². The summed E-state index contributed by atoms with van der Waals surface area (Å²) in [5, 5.41) is 0. The van der Waals surface area contributed by atoms with Gasteiger partial charge in [0, 0.05) is 13.5 Å². The van der Waals surface area contributed by atoms with Crippen LogP contribution in [-0.4, -0.2) is 24.0 Å². The van der Waals surface area contributed by atoms with Crippen molar-refractivity contribution in [3.05, 3.63) is 54.0 Å². The lowest BCUT2D eigenvalue weighted by atomic mass is 10.1. The molecule has 0 bridgehead atoms. The molecule has 1 aliphatic rings. The van der Waals surface area contributed by atoms with Crippen molar-refractivity contribution < 1.29 is 13.9 Å². The van der Waals surface area contributed by atoms with Crippen LogP contribution in [0.4, 0.5) is 0 Å². The summed E-state index contributed by atoms with van der Waals surface area (Å²) in [5.74, 6) is 1.56. The van der Waals surface area contributed by atoms with Crippen molar-refractivity contribution in [2.24, 2.45) is 0 Å². The number of fused-ring (bicyclic) bond motifs is 1. The van der Waals surface area contributed by atoms with E-state index in [1.54, 1.807) is 18.2 Å². The van der Waals surface area contributed by atoms with E-state index in [1.165, 1.54) is 0 Å². The molecule has 0 radical (unpaired) electrons. The average Bonchev–Trinajstić information content (AvgIpc) is 3.13. The Morgan fingerprint density at radius 1 is 1.30 bits per heavy atom. The third-order valence-electron chi connectivity index (χ3n) is 3.81. The Balaban J connectivity index is 1.71. The van der Waals surface area contributed by atoms with Gasteiger partial charge >= 0.3 is 0 Å². The summed E-state index contributed by atoms with van der Waals surface area (Å²) in [7, 11) is 1.78. The van der Waals surface area contributed by atoms with E-state index < -0.39 is 6.10 Å². The maximum atomic E-state index is 12.5. The number of likely N-dealkylation sites (N-methyl/N-ethyl adjacent to an activating group) is 1. The molecule has 0 saturated heterocycles. The van der Waals surface area contributed by atoms with Crippen molar-refractivity contribution >= 4 is 5.91 Å². The first kappa shape index (κ1) is 12.8.